The van der Waals surface area contributed by atoms with Crippen LogP contribution in [-0.4, -0.2) is 32.5 Å². The summed E-state index contributed by atoms with van der Waals surface area (Å²) < 4.78 is 25.5. The summed E-state index contributed by atoms with van der Waals surface area (Å²) in [6.45, 7) is 1.46. The Morgan fingerprint density at radius 3 is 2.35 bits per heavy atom. The van der Waals surface area contributed by atoms with Gasteiger partial charge in [-0.3, -0.25) is 4.79 Å². The van der Waals surface area contributed by atoms with Gasteiger partial charge in [-0.05, 0) is 12.1 Å². The summed E-state index contributed by atoms with van der Waals surface area (Å²) in [5.41, 5.74) is 0.494. The minimum absolute atomic E-state index is 0.0298. The smallest absolute Gasteiger partial charge is 0.240 e. The number of aliphatic hydroxyl groups is 1. The summed E-state index contributed by atoms with van der Waals surface area (Å²) >= 11 is 0. The highest BCUT2D eigenvalue weighted by molar-refractivity contribution is 7.89. The van der Waals surface area contributed by atoms with Crippen LogP contribution in [0.5, 0.6) is 0 Å². The second kappa shape index (κ2) is 5.90. The Labute approximate surface area is 101 Å². The van der Waals surface area contributed by atoms with Gasteiger partial charge in [-0.25, -0.2) is 13.1 Å². The van der Waals surface area contributed by atoms with E-state index in [9.17, 15) is 13.2 Å². The van der Waals surface area contributed by atoms with Crippen molar-refractivity contribution in [3.63, 3.8) is 0 Å². The molecule has 0 atom stereocenters. The molecular weight excluding hydrogens is 242 g/mol. The number of carbonyl (C=O) groups is 1. The fourth-order valence-electron chi connectivity index (χ4n) is 1.29. The fourth-order valence-corrected chi connectivity index (χ4v) is 2.31. The van der Waals surface area contributed by atoms with Crippen molar-refractivity contribution in [1.82, 2.24) is 4.72 Å². The summed E-state index contributed by atoms with van der Waals surface area (Å²) in [6.07, 6.45) is 0.384. The van der Waals surface area contributed by atoms with Crippen molar-refractivity contribution in [2.24, 2.45) is 0 Å². The van der Waals surface area contributed by atoms with Crippen molar-refractivity contribution >= 4 is 15.8 Å². The second-order valence-electron chi connectivity index (χ2n) is 3.42. The number of sulfonamides is 1. The van der Waals surface area contributed by atoms with Crippen LogP contribution in [0.3, 0.4) is 0 Å². The molecule has 0 aromatic heterocycles. The summed E-state index contributed by atoms with van der Waals surface area (Å²) in [6, 6.07) is 5.73. The minimum atomic E-state index is -3.59. The molecule has 0 aliphatic heterocycles. The van der Waals surface area contributed by atoms with Gasteiger partial charge in [-0.15, -0.1) is 0 Å². The molecule has 0 spiro atoms. The first-order valence-electron chi connectivity index (χ1n) is 5.25. The van der Waals surface area contributed by atoms with Crippen LogP contribution in [0.4, 0.5) is 0 Å². The van der Waals surface area contributed by atoms with Crippen LogP contribution in [0.15, 0.2) is 29.2 Å². The zero-order valence-corrected chi connectivity index (χ0v) is 10.3. The van der Waals surface area contributed by atoms with Gasteiger partial charge >= 0.3 is 0 Å². The maximum absolute atomic E-state index is 11.6. The molecule has 0 amide bonds. The Morgan fingerprint density at radius 1 is 1.29 bits per heavy atom. The molecule has 1 aromatic carbocycles. The molecule has 0 aliphatic carbocycles. The summed E-state index contributed by atoms with van der Waals surface area (Å²) in [4.78, 5) is 11.4. The highest BCUT2D eigenvalue weighted by Crippen LogP contribution is 2.11. The van der Waals surface area contributed by atoms with E-state index in [1.165, 1.54) is 24.3 Å². The molecule has 0 radical (unpaired) electrons. The molecular formula is C11H15NO4S. The van der Waals surface area contributed by atoms with E-state index in [2.05, 4.69) is 4.72 Å². The van der Waals surface area contributed by atoms with E-state index in [0.717, 1.165) is 0 Å². The molecule has 17 heavy (non-hydrogen) atoms. The van der Waals surface area contributed by atoms with E-state index < -0.39 is 10.0 Å². The van der Waals surface area contributed by atoms with Gasteiger partial charge in [-0.2, -0.15) is 0 Å². The lowest BCUT2D eigenvalue weighted by Crippen LogP contribution is -2.26. The van der Waals surface area contributed by atoms with E-state index in [-0.39, 0.29) is 23.8 Å². The van der Waals surface area contributed by atoms with Crippen molar-refractivity contribution in [3.8, 4) is 0 Å². The van der Waals surface area contributed by atoms with Gasteiger partial charge in [0.05, 0.1) is 11.5 Å². The van der Waals surface area contributed by atoms with Crippen molar-refractivity contribution < 1.29 is 18.3 Å². The number of aliphatic hydroxyl groups excluding tert-OH is 1. The van der Waals surface area contributed by atoms with Crippen molar-refractivity contribution in [1.29, 1.82) is 0 Å². The van der Waals surface area contributed by atoms with E-state index in [0.29, 0.717) is 12.0 Å². The predicted octanol–water partition coefficient (Wildman–Crippen LogP) is 0.550. The summed E-state index contributed by atoms with van der Waals surface area (Å²) in [7, 11) is -3.59. The third-order valence-corrected chi connectivity index (χ3v) is 3.69. The van der Waals surface area contributed by atoms with Gasteiger partial charge in [0.1, 0.15) is 0 Å². The van der Waals surface area contributed by atoms with Crippen LogP contribution in [0, 0.1) is 0 Å². The lowest BCUT2D eigenvalue weighted by molar-refractivity contribution is 0.0988. The first-order chi connectivity index (χ1) is 8.01. The molecule has 0 saturated carbocycles. The summed E-state index contributed by atoms with van der Waals surface area (Å²) in [5, 5.41) is 8.55. The van der Waals surface area contributed by atoms with Gasteiger partial charge in [-0.1, -0.05) is 19.1 Å². The molecule has 0 saturated heterocycles. The third-order valence-electron chi connectivity index (χ3n) is 2.21. The average molecular weight is 257 g/mol. The molecule has 5 nitrogen and oxygen atoms in total. The number of Topliss-reactive ketones (excluding diaryl/α,β-unsaturated/α-hetero) is 1. The van der Waals surface area contributed by atoms with Gasteiger partial charge in [0.15, 0.2) is 5.78 Å². The molecule has 0 unspecified atom stereocenters. The lowest BCUT2D eigenvalue weighted by atomic mass is 10.1. The van der Waals surface area contributed by atoms with Crippen molar-refractivity contribution in [3.05, 3.63) is 29.8 Å². The highest BCUT2D eigenvalue weighted by atomic mass is 32.2. The zero-order valence-electron chi connectivity index (χ0n) is 9.51. The average Bonchev–Trinajstić information content (AvgIpc) is 2.35. The third kappa shape index (κ3) is 3.62. The molecule has 1 rings (SSSR count). The van der Waals surface area contributed by atoms with E-state index in [1.54, 1.807) is 6.92 Å². The predicted molar refractivity (Wildman–Crippen MR) is 63.3 cm³/mol. The normalized spacial score (nSPS) is 11.4. The van der Waals surface area contributed by atoms with Crippen LogP contribution < -0.4 is 4.72 Å². The maximum Gasteiger partial charge on any atom is 0.240 e. The first kappa shape index (κ1) is 13.8. The molecule has 1 aromatic rings. The molecule has 0 bridgehead atoms. The maximum atomic E-state index is 11.6. The SMILES string of the molecule is CCC(=O)c1ccc(S(=O)(=O)NCCO)cc1. The van der Waals surface area contributed by atoms with Crippen LogP contribution in [0.25, 0.3) is 0 Å². The number of rotatable bonds is 6. The number of benzene rings is 1. The van der Waals surface area contributed by atoms with E-state index >= 15 is 0 Å². The Balaban J connectivity index is 2.91. The fraction of sp³-hybridized carbons (Fsp3) is 0.364. The molecule has 0 heterocycles. The largest absolute Gasteiger partial charge is 0.395 e. The van der Waals surface area contributed by atoms with E-state index in [1.807, 2.05) is 0 Å². The summed E-state index contributed by atoms with van der Waals surface area (Å²) in [5.74, 6) is -0.0303. The second-order valence-corrected chi connectivity index (χ2v) is 5.19. The Bertz CT molecular complexity index is 479. The van der Waals surface area contributed by atoms with Crippen molar-refractivity contribution in [2.75, 3.05) is 13.2 Å². The monoisotopic (exact) mass is 257 g/mol. The Morgan fingerprint density at radius 2 is 1.88 bits per heavy atom. The van der Waals surface area contributed by atoms with Crippen LogP contribution in [-0.2, 0) is 10.0 Å². The molecule has 6 heteroatoms. The van der Waals surface area contributed by atoms with Crippen LogP contribution in [0.2, 0.25) is 0 Å². The van der Waals surface area contributed by atoms with Crippen LogP contribution >= 0.6 is 0 Å². The van der Waals surface area contributed by atoms with Gasteiger partial charge < -0.3 is 5.11 Å². The van der Waals surface area contributed by atoms with Gasteiger partial charge in [0.2, 0.25) is 10.0 Å². The number of carbonyl (C=O) groups excluding carboxylic acids is 1. The standard InChI is InChI=1S/C11H15NO4S/c1-2-11(14)9-3-5-10(6-4-9)17(15,16)12-7-8-13/h3-6,12-13H,2,7-8H2,1H3. The van der Waals surface area contributed by atoms with E-state index in [4.69, 9.17) is 5.11 Å². The topological polar surface area (TPSA) is 83.5 Å². The minimum Gasteiger partial charge on any atom is -0.395 e. The molecule has 2 N–H and O–H groups in total. The first-order valence-corrected chi connectivity index (χ1v) is 6.73. The number of hydrogen-bond donors (Lipinski definition) is 2. The zero-order chi connectivity index (χ0) is 12.9. The molecule has 0 fully saturated rings. The number of ketones is 1. The lowest BCUT2D eigenvalue weighted by Gasteiger charge is -2.05. The molecule has 94 valence electrons. The number of hydrogen-bond acceptors (Lipinski definition) is 4. The van der Waals surface area contributed by atoms with Crippen LogP contribution in [0.1, 0.15) is 23.7 Å². The van der Waals surface area contributed by atoms with Crippen molar-refractivity contribution in [2.45, 2.75) is 18.2 Å². The van der Waals surface area contributed by atoms with Gasteiger partial charge in [0, 0.05) is 18.5 Å². The van der Waals surface area contributed by atoms with Gasteiger partial charge in [0.25, 0.3) is 0 Å². The Kier molecular flexibility index (Phi) is 4.80. The molecule has 0 aliphatic rings. The quantitative estimate of drug-likeness (QED) is 0.729. The number of nitrogens with one attached hydrogen (secondary N) is 1. The highest BCUT2D eigenvalue weighted by Gasteiger charge is 2.13. The Hall–Kier alpha value is -1.24.